The molecule has 6 nitrogen and oxygen atoms in total. The van der Waals surface area contributed by atoms with Gasteiger partial charge < -0.3 is 15.5 Å². The lowest BCUT2D eigenvalue weighted by Gasteiger charge is -2.24. The molecule has 0 radical (unpaired) electrons. The molecule has 21 heavy (non-hydrogen) atoms. The van der Waals surface area contributed by atoms with Crippen LogP contribution in [0, 0.1) is 12.3 Å². The second-order valence-electron chi connectivity index (χ2n) is 5.91. The minimum absolute atomic E-state index is 0.0982. The van der Waals surface area contributed by atoms with E-state index in [0.717, 1.165) is 43.1 Å². The number of hydrogen-bond acceptors (Lipinski definition) is 5. The van der Waals surface area contributed by atoms with E-state index in [4.69, 9.17) is 0 Å². The summed E-state index contributed by atoms with van der Waals surface area (Å²) in [4.78, 5) is 22.9. The van der Waals surface area contributed by atoms with E-state index in [1.54, 1.807) is 13.4 Å². The highest BCUT2D eigenvalue weighted by Gasteiger charge is 2.40. The Morgan fingerprint density at radius 2 is 2.24 bits per heavy atom. The average molecular weight is 291 g/mol. The van der Waals surface area contributed by atoms with Crippen LogP contribution in [0.2, 0.25) is 0 Å². The molecular formula is C15H25N5O. The van der Waals surface area contributed by atoms with Crippen molar-refractivity contribution >= 4 is 17.5 Å². The molecule has 1 amide bonds. The molecule has 1 saturated heterocycles. The van der Waals surface area contributed by atoms with Gasteiger partial charge in [-0.15, -0.1) is 0 Å². The molecule has 1 unspecified atom stereocenters. The standard InChI is InChI=1S/C15H25N5O/c1-5-7-17-12-11(2)13(19-10-18-12)20-8-6-15(3,9-20)14(21)16-4/h10H,5-9H2,1-4H3,(H,16,21)(H,17,18,19). The Morgan fingerprint density at radius 3 is 2.90 bits per heavy atom. The number of carbonyl (C=O) groups is 1. The zero-order valence-corrected chi connectivity index (χ0v) is 13.4. The fourth-order valence-electron chi connectivity index (χ4n) is 2.81. The lowest BCUT2D eigenvalue weighted by molar-refractivity contribution is -0.128. The van der Waals surface area contributed by atoms with Crippen LogP contribution in [0.15, 0.2) is 6.33 Å². The quantitative estimate of drug-likeness (QED) is 0.862. The highest BCUT2D eigenvalue weighted by molar-refractivity contribution is 5.83. The van der Waals surface area contributed by atoms with E-state index in [1.165, 1.54) is 0 Å². The molecular weight excluding hydrogens is 266 g/mol. The molecule has 1 fully saturated rings. The van der Waals surface area contributed by atoms with Crippen LogP contribution >= 0.6 is 0 Å². The summed E-state index contributed by atoms with van der Waals surface area (Å²) in [6.45, 7) is 8.60. The van der Waals surface area contributed by atoms with Crippen molar-refractivity contribution in [3.05, 3.63) is 11.9 Å². The average Bonchev–Trinajstić information content (AvgIpc) is 2.89. The van der Waals surface area contributed by atoms with E-state index in [0.29, 0.717) is 6.54 Å². The topological polar surface area (TPSA) is 70.2 Å². The summed E-state index contributed by atoms with van der Waals surface area (Å²) in [5, 5.41) is 6.09. The lowest BCUT2D eigenvalue weighted by atomic mass is 9.89. The van der Waals surface area contributed by atoms with Gasteiger partial charge in [-0.25, -0.2) is 9.97 Å². The van der Waals surface area contributed by atoms with Crippen LogP contribution in [0.3, 0.4) is 0 Å². The van der Waals surface area contributed by atoms with Crippen molar-refractivity contribution in [2.45, 2.75) is 33.6 Å². The summed E-state index contributed by atoms with van der Waals surface area (Å²) in [7, 11) is 1.69. The van der Waals surface area contributed by atoms with Gasteiger partial charge >= 0.3 is 0 Å². The first-order valence-electron chi connectivity index (χ1n) is 7.54. The van der Waals surface area contributed by atoms with Crippen molar-refractivity contribution in [3.63, 3.8) is 0 Å². The molecule has 0 bridgehead atoms. The number of carbonyl (C=O) groups excluding carboxylic acids is 1. The highest BCUT2D eigenvalue weighted by Crippen LogP contribution is 2.34. The van der Waals surface area contributed by atoms with Gasteiger partial charge in [0.15, 0.2) is 0 Å². The van der Waals surface area contributed by atoms with Crippen LogP contribution in [-0.4, -0.2) is 42.6 Å². The van der Waals surface area contributed by atoms with E-state index in [1.807, 2.05) is 13.8 Å². The normalized spacial score (nSPS) is 21.4. The van der Waals surface area contributed by atoms with Gasteiger partial charge in [-0.2, -0.15) is 0 Å². The number of nitrogens with zero attached hydrogens (tertiary/aromatic N) is 3. The van der Waals surface area contributed by atoms with Gasteiger partial charge in [0.1, 0.15) is 18.0 Å². The van der Waals surface area contributed by atoms with E-state index < -0.39 is 0 Å². The predicted molar refractivity (Wildman–Crippen MR) is 84.6 cm³/mol. The molecule has 1 atom stereocenters. The van der Waals surface area contributed by atoms with Gasteiger partial charge in [-0.1, -0.05) is 6.92 Å². The summed E-state index contributed by atoms with van der Waals surface area (Å²) in [5.41, 5.74) is 0.704. The zero-order valence-electron chi connectivity index (χ0n) is 13.4. The largest absolute Gasteiger partial charge is 0.370 e. The molecule has 1 aromatic rings. The van der Waals surface area contributed by atoms with Gasteiger partial charge in [-0.3, -0.25) is 4.79 Å². The van der Waals surface area contributed by atoms with Crippen LogP contribution in [0.25, 0.3) is 0 Å². The summed E-state index contributed by atoms with van der Waals surface area (Å²) >= 11 is 0. The summed E-state index contributed by atoms with van der Waals surface area (Å²) in [6.07, 6.45) is 3.49. The SMILES string of the molecule is CCCNc1ncnc(N2CCC(C)(C(=O)NC)C2)c1C. The highest BCUT2D eigenvalue weighted by atomic mass is 16.2. The first-order chi connectivity index (χ1) is 10.0. The third kappa shape index (κ3) is 3.09. The van der Waals surface area contributed by atoms with E-state index in [-0.39, 0.29) is 11.3 Å². The maximum absolute atomic E-state index is 12.0. The van der Waals surface area contributed by atoms with Crippen molar-refractivity contribution < 1.29 is 4.79 Å². The fourth-order valence-corrected chi connectivity index (χ4v) is 2.81. The Morgan fingerprint density at radius 1 is 1.48 bits per heavy atom. The van der Waals surface area contributed by atoms with E-state index in [2.05, 4.69) is 32.4 Å². The van der Waals surface area contributed by atoms with Gasteiger partial charge in [-0.05, 0) is 26.7 Å². The van der Waals surface area contributed by atoms with Gasteiger partial charge in [0.25, 0.3) is 0 Å². The van der Waals surface area contributed by atoms with Crippen molar-refractivity contribution in [2.75, 3.05) is 36.9 Å². The zero-order chi connectivity index (χ0) is 15.5. The van der Waals surface area contributed by atoms with E-state index >= 15 is 0 Å². The van der Waals surface area contributed by atoms with Gasteiger partial charge in [0.2, 0.25) is 5.91 Å². The summed E-state index contributed by atoms with van der Waals surface area (Å²) in [5.74, 6) is 1.91. The molecule has 2 heterocycles. The number of aromatic nitrogens is 2. The molecule has 0 saturated carbocycles. The molecule has 1 aliphatic heterocycles. The number of hydrogen-bond donors (Lipinski definition) is 2. The molecule has 116 valence electrons. The van der Waals surface area contributed by atoms with Crippen LogP contribution in [0.5, 0.6) is 0 Å². The molecule has 2 rings (SSSR count). The third-order valence-corrected chi connectivity index (χ3v) is 4.15. The first-order valence-corrected chi connectivity index (χ1v) is 7.54. The van der Waals surface area contributed by atoms with Crippen molar-refractivity contribution in [2.24, 2.45) is 5.41 Å². The molecule has 0 spiro atoms. The van der Waals surface area contributed by atoms with Crippen molar-refractivity contribution in [1.82, 2.24) is 15.3 Å². The van der Waals surface area contributed by atoms with Crippen molar-refractivity contribution in [3.8, 4) is 0 Å². The Labute approximate surface area is 126 Å². The Kier molecular flexibility index (Phi) is 4.65. The Hall–Kier alpha value is -1.85. The van der Waals surface area contributed by atoms with Crippen molar-refractivity contribution in [1.29, 1.82) is 0 Å². The first kappa shape index (κ1) is 15.5. The molecule has 6 heteroatoms. The minimum atomic E-state index is -0.344. The van der Waals surface area contributed by atoms with Crippen LogP contribution in [-0.2, 0) is 4.79 Å². The molecule has 2 N–H and O–H groups in total. The monoisotopic (exact) mass is 291 g/mol. The number of amides is 1. The van der Waals surface area contributed by atoms with Crippen LogP contribution in [0.1, 0.15) is 32.3 Å². The predicted octanol–water partition coefficient (Wildman–Crippen LogP) is 1.57. The molecule has 1 aromatic heterocycles. The molecule has 0 aromatic carbocycles. The fraction of sp³-hybridized carbons (Fsp3) is 0.667. The Bertz CT molecular complexity index is 519. The molecule has 0 aliphatic carbocycles. The smallest absolute Gasteiger partial charge is 0.227 e. The summed E-state index contributed by atoms with van der Waals surface area (Å²) in [6, 6.07) is 0. The van der Waals surface area contributed by atoms with E-state index in [9.17, 15) is 4.79 Å². The lowest BCUT2D eigenvalue weighted by Crippen LogP contribution is -2.39. The van der Waals surface area contributed by atoms with Crippen LogP contribution in [0.4, 0.5) is 11.6 Å². The number of anilines is 2. The Balaban J connectivity index is 2.18. The maximum atomic E-state index is 12.0. The molecule has 1 aliphatic rings. The van der Waals surface area contributed by atoms with Gasteiger partial charge in [0, 0.05) is 32.2 Å². The second-order valence-corrected chi connectivity index (χ2v) is 5.91. The maximum Gasteiger partial charge on any atom is 0.227 e. The summed E-state index contributed by atoms with van der Waals surface area (Å²) < 4.78 is 0. The third-order valence-electron chi connectivity index (χ3n) is 4.15. The van der Waals surface area contributed by atoms with Crippen LogP contribution < -0.4 is 15.5 Å². The minimum Gasteiger partial charge on any atom is -0.370 e. The second kappa shape index (κ2) is 6.28. The van der Waals surface area contributed by atoms with Gasteiger partial charge in [0.05, 0.1) is 5.41 Å². The number of nitrogens with one attached hydrogen (secondary N) is 2. The number of rotatable bonds is 5.